The highest BCUT2D eigenvalue weighted by Gasteiger charge is 2.36. The fraction of sp³-hybridized carbons (Fsp3) is 0.300. The predicted molar refractivity (Wildman–Crippen MR) is 94.9 cm³/mol. The number of hydrogen-bond acceptors (Lipinski definition) is 3. The van der Waals surface area contributed by atoms with Crippen LogP contribution in [0.1, 0.15) is 40.4 Å². The Morgan fingerprint density at radius 3 is 2.64 bits per heavy atom. The molecule has 4 rings (SSSR count). The lowest BCUT2D eigenvalue weighted by Gasteiger charge is -2.23. The summed E-state index contributed by atoms with van der Waals surface area (Å²) in [5.41, 5.74) is 0.304. The second kappa shape index (κ2) is 6.85. The van der Waals surface area contributed by atoms with E-state index in [2.05, 4.69) is 10.6 Å². The highest BCUT2D eigenvalue weighted by Crippen LogP contribution is 2.43. The van der Waals surface area contributed by atoms with Crippen molar-refractivity contribution in [3.63, 3.8) is 0 Å². The Bertz CT molecular complexity index is 939. The lowest BCUT2D eigenvalue weighted by Crippen LogP contribution is -2.32. The zero-order valence-corrected chi connectivity index (χ0v) is 14.7. The molecule has 0 bridgehead atoms. The van der Waals surface area contributed by atoms with E-state index in [4.69, 9.17) is 4.74 Å². The minimum absolute atomic E-state index is 0.0904. The number of anilines is 1. The van der Waals surface area contributed by atoms with Crippen molar-refractivity contribution < 1.29 is 27.5 Å². The Labute approximate surface area is 158 Å². The summed E-state index contributed by atoms with van der Waals surface area (Å²) in [6, 6.07) is 9.30. The molecule has 1 aliphatic heterocycles. The third kappa shape index (κ3) is 3.67. The van der Waals surface area contributed by atoms with Crippen LogP contribution < -0.4 is 15.4 Å². The molecule has 28 heavy (non-hydrogen) atoms. The molecule has 2 amide bonds. The van der Waals surface area contributed by atoms with Gasteiger partial charge in [-0.05, 0) is 48.6 Å². The van der Waals surface area contributed by atoms with Crippen molar-refractivity contribution in [1.82, 2.24) is 5.32 Å². The van der Waals surface area contributed by atoms with Gasteiger partial charge in [-0.15, -0.1) is 0 Å². The molecule has 2 aromatic carbocycles. The van der Waals surface area contributed by atoms with E-state index in [-0.39, 0.29) is 29.7 Å². The van der Waals surface area contributed by atoms with Gasteiger partial charge >= 0.3 is 6.18 Å². The molecule has 0 aromatic heterocycles. The number of rotatable bonds is 4. The minimum atomic E-state index is -4.45. The summed E-state index contributed by atoms with van der Waals surface area (Å²) in [6.45, 7) is -0.197. The fourth-order valence-corrected chi connectivity index (χ4v) is 3.32. The number of amides is 2. The maximum absolute atomic E-state index is 13.1. The van der Waals surface area contributed by atoms with Gasteiger partial charge in [0.15, 0.2) is 12.4 Å². The number of alkyl halides is 3. The molecule has 1 heterocycles. The third-order valence-corrected chi connectivity index (χ3v) is 4.83. The predicted octanol–water partition coefficient (Wildman–Crippen LogP) is 3.92. The highest BCUT2D eigenvalue weighted by molar-refractivity contribution is 6.03. The Hall–Kier alpha value is -3.03. The van der Waals surface area contributed by atoms with Crippen LogP contribution in [0.5, 0.6) is 5.75 Å². The van der Waals surface area contributed by atoms with Crippen molar-refractivity contribution in [2.45, 2.75) is 25.1 Å². The standard InChI is InChI=1S/C20H17F3N2O3/c21-20(22,23)13-4-1-3-12(9-13)17(11-7-8-11)25-19(27)14-5-2-6-15-18(14)28-10-16(26)24-15/h1-6,9,11,17H,7-8,10H2,(H,24,26)(H,25,27)/t17-/m0/s1. The van der Waals surface area contributed by atoms with Crippen molar-refractivity contribution in [3.05, 3.63) is 59.2 Å². The second-order valence-corrected chi connectivity index (χ2v) is 6.93. The normalized spacial score (nSPS) is 17.2. The zero-order valence-electron chi connectivity index (χ0n) is 14.7. The number of para-hydroxylation sites is 1. The summed E-state index contributed by atoms with van der Waals surface area (Å²) in [7, 11) is 0. The van der Waals surface area contributed by atoms with E-state index in [1.54, 1.807) is 24.3 Å². The molecule has 5 nitrogen and oxygen atoms in total. The Balaban J connectivity index is 1.61. The molecule has 8 heteroatoms. The van der Waals surface area contributed by atoms with Crippen LogP contribution in [0.4, 0.5) is 18.9 Å². The van der Waals surface area contributed by atoms with Crippen LogP contribution in [0.3, 0.4) is 0 Å². The molecule has 2 N–H and O–H groups in total. The number of carbonyl (C=O) groups is 2. The van der Waals surface area contributed by atoms with Crippen LogP contribution in [0.2, 0.25) is 0 Å². The third-order valence-electron chi connectivity index (χ3n) is 4.83. The monoisotopic (exact) mass is 390 g/mol. The molecule has 2 aromatic rings. The van der Waals surface area contributed by atoms with Gasteiger partial charge in [-0.25, -0.2) is 0 Å². The number of fused-ring (bicyclic) bond motifs is 1. The van der Waals surface area contributed by atoms with Gasteiger partial charge in [0.2, 0.25) is 0 Å². The molecule has 1 aliphatic carbocycles. The van der Waals surface area contributed by atoms with Gasteiger partial charge in [0.1, 0.15) is 0 Å². The summed E-state index contributed by atoms with van der Waals surface area (Å²) in [4.78, 5) is 24.3. The van der Waals surface area contributed by atoms with E-state index < -0.39 is 23.7 Å². The molecule has 0 spiro atoms. The molecule has 0 saturated heterocycles. The van der Waals surface area contributed by atoms with Crippen LogP contribution in [-0.2, 0) is 11.0 Å². The quantitative estimate of drug-likeness (QED) is 0.832. The Morgan fingerprint density at radius 2 is 1.93 bits per heavy atom. The van der Waals surface area contributed by atoms with Gasteiger partial charge in [0, 0.05) is 0 Å². The van der Waals surface area contributed by atoms with E-state index >= 15 is 0 Å². The maximum Gasteiger partial charge on any atom is 0.416 e. The zero-order chi connectivity index (χ0) is 19.9. The van der Waals surface area contributed by atoms with Gasteiger partial charge < -0.3 is 15.4 Å². The first-order valence-corrected chi connectivity index (χ1v) is 8.86. The number of nitrogens with one attached hydrogen (secondary N) is 2. The first-order chi connectivity index (χ1) is 13.3. The minimum Gasteiger partial charge on any atom is -0.481 e. The van der Waals surface area contributed by atoms with Crippen molar-refractivity contribution in [3.8, 4) is 5.75 Å². The van der Waals surface area contributed by atoms with Gasteiger partial charge in [0.05, 0.1) is 22.9 Å². The molecule has 0 radical (unpaired) electrons. The average Bonchev–Trinajstić information content (AvgIpc) is 3.49. The van der Waals surface area contributed by atoms with Crippen LogP contribution in [0.15, 0.2) is 42.5 Å². The highest BCUT2D eigenvalue weighted by atomic mass is 19.4. The molecule has 1 fully saturated rings. The van der Waals surface area contributed by atoms with Crippen molar-refractivity contribution in [2.24, 2.45) is 5.92 Å². The smallest absolute Gasteiger partial charge is 0.416 e. The Kier molecular flexibility index (Phi) is 4.49. The van der Waals surface area contributed by atoms with Crippen molar-refractivity contribution in [2.75, 3.05) is 11.9 Å². The van der Waals surface area contributed by atoms with E-state index in [0.717, 1.165) is 25.0 Å². The Morgan fingerprint density at radius 1 is 1.18 bits per heavy atom. The number of benzene rings is 2. The van der Waals surface area contributed by atoms with E-state index in [1.165, 1.54) is 6.07 Å². The number of ether oxygens (including phenoxy) is 1. The topological polar surface area (TPSA) is 67.4 Å². The number of halogens is 3. The summed E-state index contributed by atoms with van der Waals surface area (Å²) < 4.78 is 44.6. The lowest BCUT2D eigenvalue weighted by molar-refractivity contribution is -0.137. The van der Waals surface area contributed by atoms with Crippen LogP contribution in [-0.4, -0.2) is 18.4 Å². The SMILES string of the molecule is O=C1COc2c(cccc2C(=O)N[C@H](c2cccc(C(F)(F)F)c2)C2CC2)N1. The summed E-state index contributed by atoms with van der Waals surface area (Å²) in [6.07, 6.45) is -2.78. The summed E-state index contributed by atoms with van der Waals surface area (Å²) >= 11 is 0. The second-order valence-electron chi connectivity index (χ2n) is 6.93. The number of carbonyl (C=O) groups excluding carboxylic acids is 2. The molecular weight excluding hydrogens is 373 g/mol. The van der Waals surface area contributed by atoms with Crippen LogP contribution in [0, 0.1) is 5.92 Å². The summed E-state index contributed by atoms with van der Waals surface area (Å²) in [5, 5.41) is 5.48. The largest absolute Gasteiger partial charge is 0.481 e. The first-order valence-electron chi connectivity index (χ1n) is 8.86. The molecule has 146 valence electrons. The van der Waals surface area contributed by atoms with Gasteiger partial charge in [-0.2, -0.15) is 13.2 Å². The molecule has 1 atom stereocenters. The maximum atomic E-state index is 13.1. The summed E-state index contributed by atoms with van der Waals surface area (Å²) in [5.74, 6) is -0.419. The number of hydrogen-bond donors (Lipinski definition) is 2. The molecule has 0 unspecified atom stereocenters. The van der Waals surface area contributed by atoms with Crippen LogP contribution >= 0.6 is 0 Å². The van der Waals surface area contributed by atoms with E-state index in [9.17, 15) is 22.8 Å². The van der Waals surface area contributed by atoms with E-state index in [1.807, 2.05) is 0 Å². The average molecular weight is 390 g/mol. The van der Waals surface area contributed by atoms with Crippen molar-refractivity contribution >= 4 is 17.5 Å². The molecular formula is C20H17F3N2O3. The molecule has 1 saturated carbocycles. The lowest BCUT2D eigenvalue weighted by atomic mass is 9.99. The van der Waals surface area contributed by atoms with E-state index in [0.29, 0.717) is 11.3 Å². The van der Waals surface area contributed by atoms with Gasteiger partial charge in [-0.1, -0.05) is 18.2 Å². The van der Waals surface area contributed by atoms with Crippen molar-refractivity contribution in [1.29, 1.82) is 0 Å². The van der Waals surface area contributed by atoms with Gasteiger partial charge in [-0.3, -0.25) is 9.59 Å². The first kappa shape index (κ1) is 18.3. The molecule has 2 aliphatic rings. The fourth-order valence-electron chi connectivity index (χ4n) is 3.32. The van der Waals surface area contributed by atoms with Crippen LogP contribution in [0.25, 0.3) is 0 Å². The van der Waals surface area contributed by atoms with Gasteiger partial charge in [0.25, 0.3) is 11.8 Å².